The second-order valence-corrected chi connectivity index (χ2v) is 3.84. The Morgan fingerprint density at radius 1 is 1.77 bits per heavy atom. The van der Waals surface area contributed by atoms with Crippen LogP contribution >= 0.6 is 15.9 Å². The molecule has 0 spiro atoms. The van der Waals surface area contributed by atoms with Gasteiger partial charge < -0.3 is 9.47 Å². The van der Waals surface area contributed by atoms with Gasteiger partial charge in [-0.15, -0.1) is 0 Å². The monoisotopic (exact) mass is 246 g/mol. The Bertz CT molecular complexity index is 294. The summed E-state index contributed by atoms with van der Waals surface area (Å²) in [5.41, 5.74) is 0. The largest absolute Gasteiger partial charge is 0.459 e. The van der Waals surface area contributed by atoms with E-state index in [1.54, 1.807) is 6.20 Å². The van der Waals surface area contributed by atoms with Crippen LogP contribution in [0.1, 0.15) is 6.42 Å². The minimum atomic E-state index is 0.160. The number of hydrogen-bond donors (Lipinski definition) is 0. The number of halogens is 1. The molecule has 0 saturated carbocycles. The fourth-order valence-corrected chi connectivity index (χ4v) is 1.49. The van der Waals surface area contributed by atoms with Crippen molar-refractivity contribution in [3.8, 4) is 6.01 Å². The van der Waals surface area contributed by atoms with Crippen LogP contribution in [-0.2, 0) is 11.8 Å². The third kappa shape index (κ3) is 1.86. The number of imidazole rings is 1. The van der Waals surface area contributed by atoms with Gasteiger partial charge in [0.1, 0.15) is 10.7 Å². The molecule has 1 fully saturated rings. The highest BCUT2D eigenvalue weighted by molar-refractivity contribution is 9.10. The molecule has 1 unspecified atom stereocenters. The van der Waals surface area contributed by atoms with E-state index in [1.165, 1.54) is 0 Å². The van der Waals surface area contributed by atoms with Crippen molar-refractivity contribution in [2.24, 2.45) is 7.05 Å². The summed E-state index contributed by atoms with van der Waals surface area (Å²) >= 11 is 3.35. The molecule has 13 heavy (non-hydrogen) atoms. The van der Waals surface area contributed by atoms with E-state index in [9.17, 15) is 0 Å². The summed E-state index contributed by atoms with van der Waals surface area (Å²) in [6, 6.07) is 0.641. The topological polar surface area (TPSA) is 36.3 Å². The van der Waals surface area contributed by atoms with E-state index in [4.69, 9.17) is 9.47 Å². The van der Waals surface area contributed by atoms with Crippen LogP contribution in [0, 0.1) is 0 Å². The Labute approximate surface area is 85.0 Å². The fourth-order valence-electron chi connectivity index (χ4n) is 1.24. The predicted molar refractivity (Wildman–Crippen MR) is 50.8 cm³/mol. The van der Waals surface area contributed by atoms with Crippen LogP contribution in [0.2, 0.25) is 0 Å². The number of nitrogens with zero attached hydrogens (tertiary/aromatic N) is 2. The summed E-state index contributed by atoms with van der Waals surface area (Å²) in [5.74, 6) is 0. The van der Waals surface area contributed by atoms with Crippen LogP contribution in [-0.4, -0.2) is 28.9 Å². The van der Waals surface area contributed by atoms with E-state index in [2.05, 4.69) is 20.9 Å². The van der Waals surface area contributed by atoms with Gasteiger partial charge in [-0.05, 0) is 15.9 Å². The maximum absolute atomic E-state index is 5.62. The van der Waals surface area contributed by atoms with Gasteiger partial charge in [-0.3, -0.25) is 4.57 Å². The molecular formula is C8H11BrN2O2. The smallest absolute Gasteiger partial charge is 0.297 e. The van der Waals surface area contributed by atoms with Crippen molar-refractivity contribution in [2.45, 2.75) is 12.5 Å². The van der Waals surface area contributed by atoms with Crippen molar-refractivity contribution >= 4 is 15.9 Å². The third-order valence-electron chi connectivity index (χ3n) is 2.05. The lowest BCUT2D eigenvalue weighted by Gasteiger charge is -2.10. The van der Waals surface area contributed by atoms with Crippen molar-refractivity contribution in [1.29, 1.82) is 0 Å². The lowest BCUT2D eigenvalue weighted by molar-refractivity contribution is 0.131. The van der Waals surface area contributed by atoms with Crippen LogP contribution in [0.5, 0.6) is 6.01 Å². The van der Waals surface area contributed by atoms with Gasteiger partial charge in [0.15, 0.2) is 0 Å². The molecule has 2 heterocycles. The zero-order valence-corrected chi connectivity index (χ0v) is 8.95. The zero-order chi connectivity index (χ0) is 9.26. The van der Waals surface area contributed by atoms with Crippen molar-refractivity contribution < 1.29 is 9.47 Å². The van der Waals surface area contributed by atoms with Crippen LogP contribution in [0.3, 0.4) is 0 Å². The first-order chi connectivity index (χ1) is 6.27. The Balaban J connectivity index is 2.04. The number of ether oxygens (including phenoxy) is 2. The van der Waals surface area contributed by atoms with Gasteiger partial charge in [0.25, 0.3) is 6.01 Å². The normalized spacial score (nSPS) is 22.2. The second kappa shape index (κ2) is 3.67. The molecule has 0 N–H and O–H groups in total. The van der Waals surface area contributed by atoms with Crippen molar-refractivity contribution in [3.05, 3.63) is 10.8 Å². The van der Waals surface area contributed by atoms with E-state index in [-0.39, 0.29) is 6.10 Å². The number of aromatic nitrogens is 2. The standard InChI is InChI=1S/C8H11BrN2O2/c1-11-7(9)4-10-8(11)13-6-2-3-12-5-6/h4,6H,2-3,5H2,1H3. The maximum Gasteiger partial charge on any atom is 0.297 e. The van der Waals surface area contributed by atoms with Crippen LogP contribution in [0.4, 0.5) is 0 Å². The summed E-state index contributed by atoms with van der Waals surface area (Å²) in [6.45, 7) is 1.46. The highest BCUT2D eigenvalue weighted by Gasteiger charge is 2.19. The zero-order valence-electron chi connectivity index (χ0n) is 7.36. The highest BCUT2D eigenvalue weighted by atomic mass is 79.9. The van der Waals surface area contributed by atoms with Crippen LogP contribution in [0.25, 0.3) is 0 Å². The molecule has 0 aliphatic carbocycles. The molecule has 1 aromatic heterocycles. The van der Waals surface area contributed by atoms with Crippen molar-refractivity contribution in [2.75, 3.05) is 13.2 Å². The van der Waals surface area contributed by atoms with Gasteiger partial charge in [-0.1, -0.05) is 0 Å². The Morgan fingerprint density at radius 2 is 2.62 bits per heavy atom. The van der Waals surface area contributed by atoms with E-state index in [1.807, 2.05) is 11.6 Å². The average molecular weight is 247 g/mol. The molecule has 0 amide bonds. The van der Waals surface area contributed by atoms with Crippen LogP contribution < -0.4 is 4.74 Å². The quantitative estimate of drug-likeness (QED) is 0.791. The Morgan fingerprint density at radius 3 is 3.15 bits per heavy atom. The third-order valence-corrected chi connectivity index (χ3v) is 2.79. The molecule has 1 aliphatic heterocycles. The molecule has 1 atom stereocenters. The lowest BCUT2D eigenvalue weighted by Crippen LogP contribution is -2.17. The van der Waals surface area contributed by atoms with Gasteiger partial charge in [-0.2, -0.15) is 0 Å². The van der Waals surface area contributed by atoms with Gasteiger partial charge in [0.05, 0.1) is 19.4 Å². The summed E-state index contributed by atoms with van der Waals surface area (Å²) in [6.07, 6.45) is 2.84. The van der Waals surface area contributed by atoms with E-state index < -0.39 is 0 Å². The van der Waals surface area contributed by atoms with Crippen molar-refractivity contribution in [1.82, 2.24) is 9.55 Å². The highest BCUT2D eigenvalue weighted by Crippen LogP contribution is 2.19. The molecule has 2 rings (SSSR count). The fraction of sp³-hybridized carbons (Fsp3) is 0.625. The molecule has 4 nitrogen and oxygen atoms in total. The van der Waals surface area contributed by atoms with Gasteiger partial charge in [0.2, 0.25) is 0 Å². The summed E-state index contributed by atoms with van der Waals surface area (Å²) in [5, 5.41) is 0. The molecular weight excluding hydrogens is 236 g/mol. The van der Waals surface area contributed by atoms with E-state index >= 15 is 0 Å². The molecule has 1 saturated heterocycles. The SMILES string of the molecule is Cn1c(Br)cnc1OC1CCOC1. The molecule has 1 aromatic rings. The predicted octanol–water partition coefficient (Wildman–Crippen LogP) is 1.35. The molecule has 5 heteroatoms. The molecule has 1 aliphatic rings. The minimum Gasteiger partial charge on any atom is -0.459 e. The molecule has 0 bridgehead atoms. The van der Waals surface area contributed by atoms with E-state index in [0.29, 0.717) is 12.6 Å². The lowest BCUT2D eigenvalue weighted by atomic mass is 10.3. The average Bonchev–Trinajstić information content (AvgIpc) is 2.71. The first-order valence-corrected chi connectivity index (χ1v) is 4.98. The van der Waals surface area contributed by atoms with Gasteiger partial charge >= 0.3 is 0 Å². The van der Waals surface area contributed by atoms with Crippen molar-refractivity contribution in [3.63, 3.8) is 0 Å². The summed E-state index contributed by atoms with van der Waals surface area (Å²) in [4.78, 5) is 4.12. The first-order valence-electron chi connectivity index (χ1n) is 4.19. The van der Waals surface area contributed by atoms with Gasteiger partial charge in [-0.25, -0.2) is 4.98 Å². The Kier molecular flexibility index (Phi) is 2.55. The van der Waals surface area contributed by atoms with E-state index in [0.717, 1.165) is 17.6 Å². The van der Waals surface area contributed by atoms with Crippen LogP contribution in [0.15, 0.2) is 10.8 Å². The maximum atomic E-state index is 5.62. The molecule has 0 radical (unpaired) electrons. The van der Waals surface area contributed by atoms with Gasteiger partial charge in [0, 0.05) is 13.5 Å². The number of rotatable bonds is 2. The first kappa shape index (κ1) is 9.02. The summed E-state index contributed by atoms with van der Waals surface area (Å²) in [7, 11) is 1.90. The molecule has 72 valence electrons. The minimum absolute atomic E-state index is 0.160. The second-order valence-electron chi connectivity index (χ2n) is 3.03. The summed E-state index contributed by atoms with van der Waals surface area (Å²) < 4.78 is 13.6. The Hall–Kier alpha value is -0.550. The number of hydrogen-bond acceptors (Lipinski definition) is 3. The molecule has 0 aromatic carbocycles.